The first kappa shape index (κ1) is 22.8. The first-order valence-corrected chi connectivity index (χ1v) is 11.2. The van der Waals surface area contributed by atoms with Crippen LogP contribution in [0.3, 0.4) is 0 Å². The summed E-state index contributed by atoms with van der Waals surface area (Å²) in [5.41, 5.74) is 5.12. The van der Waals surface area contributed by atoms with E-state index in [2.05, 4.69) is 50.1 Å². The summed E-state index contributed by atoms with van der Waals surface area (Å²) in [4.78, 5) is 41.5. The van der Waals surface area contributed by atoms with Gasteiger partial charge in [-0.05, 0) is 93.8 Å². The number of likely N-dealkylation sites (N-methyl/N-ethyl adjacent to an activating group) is 1. The number of rotatable bonds is 3. The van der Waals surface area contributed by atoms with Crippen molar-refractivity contribution in [2.75, 3.05) is 16.3 Å². The van der Waals surface area contributed by atoms with Gasteiger partial charge < -0.3 is 4.90 Å². The molecule has 0 bridgehead atoms. The molecule has 7 heteroatoms. The molecule has 2 heterocycles. The lowest BCUT2D eigenvalue weighted by molar-refractivity contribution is -0.122. The van der Waals surface area contributed by atoms with E-state index < -0.39 is 17.8 Å². The Morgan fingerprint density at radius 2 is 1.73 bits per heavy atom. The molecular formula is C26H26ClN3O3. The van der Waals surface area contributed by atoms with E-state index >= 15 is 0 Å². The van der Waals surface area contributed by atoms with Crippen LogP contribution in [-0.2, 0) is 9.59 Å². The molecule has 0 spiro atoms. The van der Waals surface area contributed by atoms with Gasteiger partial charge in [0.05, 0.1) is 11.2 Å². The lowest BCUT2D eigenvalue weighted by atomic mass is 9.86. The van der Waals surface area contributed by atoms with E-state index in [1.54, 1.807) is 30.3 Å². The lowest BCUT2D eigenvalue weighted by Crippen LogP contribution is -2.54. The summed E-state index contributed by atoms with van der Waals surface area (Å²) >= 11 is 5.93. The number of aryl methyl sites for hydroxylation is 1. The second-order valence-corrected chi connectivity index (χ2v) is 9.32. The summed E-state index contributed by atoms with van der Waals surface area (Å²) in [5, 5.41) is 2.75. The summed E-state index contributed by atoms with van der Waals surface area (Å²) < 4.78 is 0. The van der Waals surface area contributed by atoms with E-state index in [1.165, 1.54) is 0 Å². The predicted octanol–water partition coefficient (Wildman–Crippen LogP) is 5.34. The van der Waals surface area contributed by atoms with Crippen molar-refractivity contribution >= 4 is 52.5 Å². The third kappa shape index (κ3) is 3.95. The number of amides is 4. The van der Waals surface area contributed by atoms with Crippen molar-refractivity contribution in [2.24, 2.45) is 0 Å². The third-order valence-corrected chi connectivity index (χ3v) is 6.42. The number of nitrogens with one attached hydrogen (secondary N) is 1. The van der Waals surface area contributed by atoms with Gasteiger partial charge in [0.2, 0.25) is 0 Å². The van der Waals surface area contributed by atoms with Crippen molar-refractivity contribution in [3.8, 4) is 0 Å². The zero-order valence-corrected chi connectivity index (χ0v) is 20.1. The Bertz CT molecular complexity index is 1240. The van der Waals surface area contributed by atoms with Gasteiger partial charge in [0.15, 0.2) is 0 Å². The highest BCUT2D eigenvalue weighted by molar-refractivity contribution is 6.39. The molecule has 1 fully saturated rings. The zero-order valence-electron chi connectivity index (χ0n) is 19.3. The summed E-state index contributed by atoms with van der Waals surface area (Å²) in [6.07, 6.45) is 3.79. The molecule has 2 aliphatic heterocycles. The number of anilines is 2. The van der Waals surface area contributed by atoms with Crippen LogP contribution in [0.25, 0.3) is 11.6 Å². The molecule has 0 radical (unpaired) electrons. The van der Waals surface area contributed by atoms with Crippen LogP contribution in [0.4, 0.5) is 16.2 Å². The van der Waals surface area contributed by atoms with Crippen LogP contribution in [0.1, 0.15) is 44.4 Å². The average Bonchev–Trinajstić information content (AvgIpc) is 2.72. The fraction of sp³-hybridized carbons (Fsp3) is 0.269. The van der Waals surface area contributed by atoms with Crippen LogP contribution in [0, 0.1) is 6.92 Å². The zero-order chi connectivity index (χ0) is 24.1. The Balaban J connectivity index is 1.79. The fourth-order valence-electron chi connectivity index (χ4n) is 4.62. The topological polar surface area (TPSA) is 69.7 Å². The van der Waals surface area contributed by atoms with E-state index in [9.17, 15) is 14.4 Å². The van der Waals surface area contributed by atoms with Crippen LogP contribution in [0.5, 0.6) is 0 Å². The number of urea groups is 1. The SMILES string of the molecule is CCN1c2cc(C)c(/C=C3/C(=O)NC(=O)N(c4ccc(Cl)cc4)C3=O)cc2C(C)=CC1(C)C. The molecule has 2 aromatic carbocycles. The normalized spacial score (nSPS) is 18.9. The smallest absolute Gasteiger partial charge is 0.335 e. The minimum Gasteiger partial charge on any atom is -0.363 e. The van der Waals surface area contributed by atoms with Crippen molar-refractivity contribution in [1.82, 2.24) is 5.32 Å². The number of nitrogens with zero attached hydrogens (tertiary/aromatic N) is 2. The van der Waals surface area contributed by atoms with Gasteiger partial charge in [-0.1, -0.05) is 17.7 Å². The average molecular weight is 464 g/mol. The summed E-state index contributed by atoms with van der Waals surface area (Å²) in [6, 6.07) is 9.61. The summed E-state index contributed by atoms with van der Waals surface area (Å²) in [5.74, 6) is -1.39. The van der Waals surface area contributed by atoms with Gasteiger partial charge in [-0.15, -0.1) is 0 Å². The number of barbiturate groups is 1. The highest BCUT2D eigenvalue weighted by Gasteiger charge is 2.37. The molecule has 0 saturated carbocycles. The van der Waals surface area contributed by atoms with Crippen molar-refractivity contribution in [2.45, 2.75) is 40.2 Å². The maximum absolute atomic E-state index is 13.2. The number of allylic oxidation sites excluding steroid dienone is 1. The number of fused-ring (bicyclic) bond motifs is 1. The number of hydrogen-bond donors (Lipinski definition) is 1. The van der Waals surface area contributed by atoms with Crippen molar-refractivity contribution < 1.29 is 14.4 Å². The first-order valence-electron chi connectivity index (χ1n) is 10.8. The molecule has 0 aliphatic carbocycles. The molecule has 0 atom stereocenters. The van der Waals surface area contributed by atoms with Crippen LogP contribution in [-0.4, -0.2) is 29.9 Å². The molecule has 0 aromatic heterocycles. The van der Waals surface area contributed by atoms with Crippen molar-refractivity contribution in [3.05, 3.63) is 69.8 Å². The molecule has 1 N–H and O–H groups in total. The Kier molecular flexibility index (Phi) is 5.66. The Morgan fingerprint density at radius 3 is 2.36 bits per heavy atom. The van der Waals surface area contributed by atoms with Crippen molar-refractivity contribution in [1.29, 1.82) is 0 Å². The molecule has 6 nitrogen and oxygen atoms in total. The standard InChI is InChI=1S/C26H26ClN3O3/c1-6-29-22-11-15(2)17(12-20(22)16(3)14-26(29,4)5)13-21-23(31)28-25(33)30(24(21)32)19-9-7-18(27)8-10-19/h7-14H,6H2,1-5H3,(H,28,31,33)/b21-13-. The number of hydrogen-bond acceptors (Lipinski definition) is 4. The monoisotopic (exact) mass is 463 g/mol. The van der Waals surface area contributed by atoms with E-state index in [1.807, 2.05) is 13.0 Å². The molecule has 4 rings (SSSR count). The minimum atomic E-state index is -0.786. The van der Waals surface area contributed by atoms with E-state index in [-0.39, 0.29) is 11.1 Å². The van der Waals surface area contributed by atoms with Crippen LogP contribution >= 0.6 is 11.6 Å². The van der Waals surface area contributed by atoms with Gasteiger partial charge in [-0.3, -0.25) is 14.9 Å². The number of halogens is 1. The minimum absolute atomic E-state index is 0.0993. The maximum Gasteiger partial charge on any atom is 0.335 e. The van der Waals surface area contributed by atoms with Gasteiger partial charge in [-0.25, -0.2) is 9.69 Å². The maximum atomic E-state index is 13.2. The largest absolute Gasteiger partial charge is 0.363 e. The van der Waals surface area contributed by atoms with Crippen LogP contribution in [0.2, 0.25) is 5.02 Å². The molecule has 33 heavy (non-hydrogen) atoms. The van der Waals surface area contributed by atoms with E-state index in [0.717, 1.165) is 39.4 Å². The quantitative estimate of drug-likeness (QED) is 0.493. The van der Waals surface area contributed by atoms with E-state index in [4.69, 9.17) is 11.6 Å². The fourth-order valence-corrected chi connectivity index (χ4v) is 4.74. The molecule has 4 amide bonds. The van der Waals surface area contributed by atoms with Gasteiger partial charge in [0.25, 0.3) is 11.8 Å². The molecule has 2 aromatic rings. The van der Waals surface area contributed by atoms with Gasteiger partial charge in [-0.2, -0.15) is 0 Å². The second kappa shape index (κ2) is 8.19. The molecule has 1 saturated heterocycles. The molecule has 170 valence electrons. The van der Waals surface area contributed by atoms with Crippen LogP contribution in [0.15, 0.2) is 48.0 Å². The number of carbonyl (C=O) groups excluding carboxylic acids is 3. The predicted molar refractivity (Wildman–Crippen MR) is 132 cm³/mol. The number of carbonyl (C=O) groups is 3. The number of benzene rings is 2. The highest BCUT2D eigenvalue weighted by Crippen LogP contribution is 2.40. The summed E-state index contributed by atoms with van der Waals surface area (Å²) in [6.45, 7) is 11.4. The Morgan fingerprint density at radius 1 is 1.06 bits per heavy atom. The molecule has 0 unspecified atom stereocenters. The van der Waals surface area contributed by atoms with Gasteiger partial charge in [0, 0.05) is 22.8 Å². The van der Waals surface area contributed by atoms with Gasteiger partial charge >= 0.3 is 6.03 Å². The molecule has 2 aliphatic rings. The number of imide groups is 2. The van der Waals surface area contributed by atoms with Crippen LogP contribution < -0.4 is 15.1 Å². The Labute approximate surface area is 198 Å². The molecular weight excluding hydrogens is 438 g/mol. The third-order valence-electron chi connectivity index (χ3n) is 6.17. The van der Waals surface area contributed by atoms with Crippen molar-refractivity contribution in [3.63, 3.8) is 0 Å². The second-order valence-electron chi connectivity index (χ2n) is 8.89. The Hall–Kier alpha value is -3.38. The summed E-state index contributed by atoms with van der Waals surface area (Å²) in [7, 11) is 0. The highest BCUT2D eigenvalue weighted by atomic mass is 35.5. The van der Waals surface area contributed by atoms with E-state index in [0.29, 0.717) is 10.7 Å². The first-order chi connectivity index (χ1) is 15.5. The lowest BCUT2D eigenvalue weighted by Gasteiger charge is -2.43. The van der Waals surface area contributed by atoms with Gasteiger partial charge in [0.1, 0.15) is 5.57 Å².